The fourth-order valence-electron chi connectivity index (χ4n) is 7.71. The lowest BCUT2D eigenvalue weighted by Crippen LogP contribution is -2.45. The molecule has 0 aromatic carbocycles. The SMILES string of the molecule is CC(C)=CCC/C(C)=C/CCC(C)[C@@]1(C)CCC2=C1CC[C@H]1C(C)(C)CCC[C@]21C. The third-order valence-electron chi connectivity index (χ3n) is 9.82. The first-order valence-electron chi connectivity index (χ1n) is 13.0. The van der Waals surface area contributed by atoms with Gasteiger partial charge in [0.15, 0.2) is 0 Å². The molecule has 0 radical (unpaired) electrons. The highest BCUT2D eigenvalue weighted by Gasteiger charge is 2.55. The van der Waals surface area contributed by atoms with Crippen molar-refractivity contribution in [1.82, 2.24) is 0 Å². The molecule has 0 N–H and O–H groups in total. The molecule has 30 heavy (non-hydrogen) atoms. The minimum absolute atomic E-state index is 0.453. The van der Waals surface area contributed by atoms with Crippen molar-refractivity contribution in [3.05, 3.63) is 34.4 Å². The van der Waals surface area contributed by atoms with Gasteiger partial charge in [0, 0.05) is 0 Å². The Morgan fingerprint density at radius 1 is 0.933 bits per heavy atom. The van der Waals surface area contributed by atoms with Crippen LogP contribution in [0.5, 0.6) is 0 Å². The molecule has 0 heterocycles. The molecule has 3 aliphatic rings. The van der Waals surface area contributed by atoms with Gasteiger partial charge in [-0.2, -0.15) is 0 Å². The summed E-state index contributed by atoms with van der Waals surface area (Å²) in [5.41, 5.74) is 8.34. The van der Waals surface area contributed by atoms with E-state index in [1.807, 2.05) is 11.1 Å². The monoisotopic (exact) mass is 410 g/mol. The van der Waals surface area contributed by atoms with Gasteiger partial charge in [-0.25, -0.2) is 0 Å². The molecule has 1 unspecified atom stereocenters. The van der Waals surface area contributed by atoms with Crippen molar-refractivity contribution < 1.29 is 0 Å². The molecule has 1 fully saturated rings. The summed E-state index contributed by atoms with van der Waals surface area (Å²) < 4.78 is 0. The average molecular weight is 411 g/mol. The Hall–Kier alpha value is -0.780. The normalized spacial score (nSPS) is 34.4. The Morgan fingerprint density at radius 2 is 1.67 bits per heavy atom. The number of allylic oxidation sites excluding steroid dienone is 6. The van der Waals surface area contributed by atoms with Crippen LogP contribution in [0.1, 0.15) is 126 Å². The summed E-state index contributed by atoms with van der Waals surface area (Å²) in [6, 6.07) is 0. The predicted octanol–water partition coefficient (Wildman–Crippen LogP) is 9.82. The van der Waals surface area contributed by atoms with Gasteiger partial charge in [0.2, 0.25) is 0 Å². The van der Waals surface area contributed by atoms with Crippen LogP contribution in [0, 0.1) is 28.1 Å². The maximum Gasteiger partial charge on any atom is -0.00800 e. The fourth-order valence-corrected chi connectivity index (χ4v) is 7.71. The number of hydrogen-bond donors (Lipinski definition) is 0. The summed E-state index contributed by atoms with van der Waals surface area (Å²) in [6.45, 7) is 19.7. The zero-order valence-corrected chi connectivity index (χ0v) is 21.6. The van der Waals surface area contributed by atoms with Crippen molar-refractivity contribution in [3.8, 4) is 0 Å². The molecule has 0 heteroatoms. The van der Waals surface area contributed by atoms with Crippen LogP contribution in [-0.4, -0.2) is 0 Å². The first-order valence-corrected chi connectivity index (χ1v) is 13.0. The van der Waals surface area contributed by atoms with Crippen LogP contribution in [0.2, 0.25) is 0 Å². The predicted molar refractivity (Wildman–Crippen MR) is 134 cm³/mol. The second-order valence-corrected chi connectivity index (χ2v) is 12.6. The summed E-state index contributed by atoms with van der Waals surface area (Å²) in [5.74, 6) is 1.70. The third kappa shape index (κ3) is 4.54. The second kappa shape index (κ2) is 8.99. The van der Waals surface area contributed by atoms with Crippen LogP contribution < -0.4 is 0 Å². The van der Waals surface area contributed by atoms with Gasteiger partial charge in [0.1, 0.15) is 0 Å². The van der Waals surface area contributed by atoms with Crippen molar-refractivity contribution >= 4 is 0 Å². The average Bonchev–Trinajstić information content (AvgIpc) is 3.00. The van der Waals surface area contributed by atoms with Crippen molar-refractivity contribution in [2.75, 3.05) is 0 Å². The maximum atomic E-state index is 2.65. The van der Waals surface area contributed by atoms with Crippen LogP contribution in [0.4, 0.5) is 0 Å². The summed E-state index contributed by atoms with van der Waals surface area (Å²) >= 11 is 0. The van der Waals surface area contributed by atoms with Gasteiger partial charge >= 0.3 is 0 Å². The van der Waals surface area contributed by atoms with Gasteiger partial charge in [0.25, 0.3) is 0 Å². The lowest BCUT2D eigenvalue weighted by atomic mass is 9.49. The van der Waals surface area contributed by atoms with E-state index in [1.165, 1.54) is 76.2 Å². The molecule has 0 nitrogen and oxygen atoms in total. The number of fused-ring (bicyclic) bond motifs is 2. The molecule has 0 aromatic heterocycles. The van der Waals surface area contributed by atoms with E-state index in [0.717, 1.165) is 11.8 Å². The van der Waals surface area contributed by atoms with E-state index in [-0.39, 0.29) is 0 Å². The van der Waals surface area contributed by atoms with E-state index < -0.39 is 0 Å². The topological polar surface area (TPSA) is 0 Å². The smallest absolute Gasteiger partial charge is 0.00800 e. The molecular weight excluding hydrogens is 360 g/mol. The van der Waals surface area contributed by atoms with E-state index in [9.17, 15) is 0 Å². The van der Waals surface area contributed by atoms with Crippen molar-refractivity contribution in [3.63, 3.8) is 0 Å². The molecule has 0 aromatic rings. The summed E-state index contributed by atoms with van der Waals surface area (Å²) in [5, 5.41) is 0. The Balaban J connectivity index is 1.68. The van der Waals surface area contributed by atoms with E-state index in [4.69, 9.17) is 0 Å². The number of hydrogen-bond acceptors (Lipinski definition) is 0. The Morgan fingerprint density at radius 3 is 2.37 bits per heavy atom. The minimum atomic E-state index is 0.453. The minimum Gasteiger partial charge on any atom is -0.0856 e. The Bertz CT molecular complexity index is 710. The van der Waals surface area contributed by atoms with Gasteiger partial charge in [0.05, 0.1) is 0 Å². The first kappa shape index (κ1) is 23.9. The standard InChI is InChI=1S/C30H50/c1-22(2)12-9-13-23(3)14-10-15-24(4)29(7)21-18-26-25(29)16-17-27-28(5,6)19-11-20-30(26,27)8/h12,14,24,27H,9-11,13,15-21H2,1-8H3/b23-14+/t24?,27-,29+,30+/m0/s1. The van der Waals surface area contributed by atoms with Crippen LogP contribution in [0.25, 0.3) is 0 Å². The third-order valence-corrected chi connectivity index (χ3v) is 9.82. The lowest BCUT2D eigenvalue weighted by Gasteiger charge is -2.55. The molecule has 0 amide bonds. The summed E-state index contributed by atoms with van der Waals surface area (Å²) in [6.07, 6.45) is 19.9. The van der Waals surface area contributed by atoms with Crippen molar-refractivity contribution in [1.29, 1.82) is 0 Å². The molecule has 1 saturated carbocycles. The Labute approximate surface area is 188 Å². The van der Waals surface area contributed by atoms with E-state index in [1.54, 1.807) is 5.57 Å². The van der Waals surface area contributed by atoms with Crippen molar-refractivity contribution in [2.24, 2.45) is 28.1 Å². The fraction of sp³-hybridized carbons (Fsp3) is 0.800. The Kier molecular flexibility index (Phi) is 7.16. The van der Waals surface area contributed by atoms with Crippen LogP contribution in [-0.2, 0) is 0 Å². The van der Waals surface area contributed by atoms with Gasteiger partial charge in [-0.1, -0.05) is 75.5 Å². The highest BCUT2D eigenvalue weighted by Crippen LogP contribution is 2.66. The van der Waals surface area contributed by atoms with Crippen LogP contribution >= 0.6 is 0 Å². The van der Waals surface area contributed by atoms with Crippen LogP contribution in [0.3, 0.4) is 0 Å². The highest BCUT2D eigenvalue weighted by molar-refractivity contribution is 5.37. The maximum absolute atomic E-state index is 2.65. The van der Waals surface area contributed by atoms with Crippen molar-refractivity contribution in [2.45, 2.75) is 126 Å². The molecule has 170 valence electrons. The van der Waals surface area contributed by atoms with E-state index >= 15 is 0 Å². The molecule has 0 spiro atoms. The molecule has 3 aliphatic carbocycles. The largest absolute Gasteiger partial charge is 0.0856 e. The highest BCUT2D eigenvalue weighted by atomic mass is 14.6. The van der Waals surface area contributed by atoms with E-state index in [0.29, 0.717) is 16.2 Å². The quantitative estimate of drug-likeness (QED) is 0.366. The molecule has 4 atom stereocenters. The van der Waals surface area contributed by atoms with Gasteiger partial charge in [-0.05, 0) is 113 Å². The molecule has 3 rings (SSSR count). The molecule has 0 saturated heterocycles. The lowest BCUT2D eigenvalue weighted by molar-refractivity contribution is 0.0106. The van der Waals surface area contributed by atoms with Gasteiger partial charge in [-0.3, -0.25) is 0 Å². The van der Waals surface area contributed by atoms with Gasteiger partial charge < -0.3 is 0 Å². The zero-order valence-electron chi connectivity index (χ0n) is 21.6. The zero-order chi connectivity index (χ0) is 22.2. The number of rotatable bonds is 7. The summed E-state index contributed by atoms with van der Waals surface area (Å²) in [4.78, 5) is 0. The van der Waals surface area contributed by atoms with Gasteiger partial charge in [-0.15, -0.1) is 0 Å². The molecule has 0 bridgehead atoms. The second-order valence-electron chi connectivity index (χ2n) is 12.6. The molecule has 0 aliphatic heterocycles. The first-order chi connectivity index (χ1) is 14.0. The van der Waals surface area contributed by atoms with E-state index in [2.05, 4.69) is 67.5 Å². The summed E-state index contributed by atoms with van der Waals surface area (Å²) in [7, 11) is 0. The molecular formula is C30H50. The van der Waals surface area contributed by atoms with Crippen LogP contribution in [0.15, 0.2) is 34.4 Å².